The molecular weight excluding hydrogens is 298 g/mol. The Morgan fingerprint density at radius 1 is 1.43 bits per heavy atom. The largest absolute Gasteiger partial charge is 0.441 e. The van der Waals surface area contributed by atoms with Crippen molar-refractivity contribution in [3.8, 4) is 0 Å². The van der Waals surface area contributed by atoms with Crippen LogP contribution in [-0.2, 0) is 20.7 Å². The number of nitrogens with one attached hydrogen (secondary N) is 1. The molecule has 0 bridgehead atoms. The van der Waals surface area contributed by atoms with Crippen molar-refractivity contribution in [1.82, 2.24) is 4.98 Å². The molecular formula is C16H21N3O4. The normalized spacial score (nSPS) is 17.3. The van der Waals surface area contributed by atoms with E-state index >= 15 is 0 Å². The summed E-state index contributed by atoms with van der Waals surface area (Å²) in [6.45, 7) is 1.57. The Labute approximate surface area is 134 Å². The molecule has 0 radical (unpaired) electrons. The van der Waals surface area contributed by atoms with Crippen molar-refractivity contribution in [1.29, 1.82) is 0 Å². The van der Waals surface area contributed by atoms with Crippen molar-refractivity contribution in [2.24, 2.45) is 5.73 Å². The molecule has 7 heteroatoms. The van der Waals surface area contributed by atoms with Gasteiger partial charge in [0.05, 0.1) is 6.61 Å². The van der Waals surface area contributed by atoms with Crippen molar-refractivity contribution in [2.75, 3.05) is 32.2 Å². The topological polar surface area (TPSA) is 99.6 Å². The van der Waals surface area contributed by atoms with E-state index in [-0.39, 0.29) is 5.91 Å². The Balaban J connectivity index is 1.73. The lowest BCUT2D eigenvalue weighted by Gasteiger charge is -2.31. The van der Waals surface area contributed by atoms with Crippen LogP contribution in [0.4, 0.5) is 5.69 Å². The van der Waals surface area contributed by atoms with E-state index in [0.717, 1.165) is 0 Å². The molecule has 124 valence electrons. The highest BCUT2D eigenvalue weighted by Gasteiger charge is 2.35. The first-order valence-corrected chi connectivity index (χ1v) is 7.67. The molecule has 3 N–H and O–H groups in total. The summed E-state index contributed by atoms with van der Waals surface area (Å²) in [4.78, 5) is 16.8. The zero-order valence-electron chi connectivity index (χ0n) is 13.1. The maximum atomic E-state index is 12.4. The molecule has 7 nitrogen and oxygen atoms in total. The Hall–Kier alpha value is -1.96. The minimum atomic E-state index is -0.874. The number of fused-ring (bicyclic) bond motifs is 1. The summed E-state index contributed by atoms with van der Waals surface area (Å²) in [5.41, 5.74) is 7.35. The number of rotatable bonds is 5. The minimum Gasteiger partial charge on any atom is -0.441 e. The van der Waals surface area contributed by atoms with Crippen molar-refractivity contribution in [2.45, 2.75) is 24.8 Å². The van der Waals surface area contributed by atoms with Gasteiger partial charge in [0, 0.05) is 32.4 Å². The van der Waals surface area contributed by atoms with Gasteiger partial charge in [0.15, 0.2) is 11.5 Å². The fraction of sp³-hybridized carbons (Fsp3) is 0.500. The van der Waals surface area contributed by atoms with Gasteiger partial charge in [0.2, 0.25) is 5.91 Å². The molecule has 1 aromatic heterocycles. The number of hydrogen-bond acceptors (Lipinski definition) is 6. The molecule has 0 aliphatic carbocycles. The molecule has 0 unspecified atom stereocenters. The van der Waals surface area contributed by atoms with Crippen LogP contribution in [0.25, 0.3) is 11.1 Å². The highest BCUT2D eigenvalue weighted by Crippen LogP contribution is 2.23. The zero-order chi connectivity index (χ0) is 16.3. The maximum Gasteiger partial charge on any atom is 0.244 e. The molecule has 3 rings (SSSR count). The molecule has 1 saturated heterocycles. The number of amides is 1. The van der Waals surface area contributed by atoms with Gasteiger partial charge >= 0.3 is 0 Å². The van der Waals surface area contributed by atoms with Gasteiger partial charge in [0.1, 0.15) is 11.1 Å². The van der Waals surface area contributed by atoms with E-state index in [4.69, 9.17) is 19.6 Å². The smallest absolute Gasteiger partial charge is 0.244 e. The van der Waals surface area contributed by atoms with E-state index in [1.54, 1.807) is 25.3 Å². The van der Waals surface area contributed by atoms with Gasteiger partial charge in [0.25, 0.3) is 0 Å². The number of nitrogens with zero attached hydrogens (tertiary/aromatic N) is 1. The number of oxazole rings is 1. The van der Waals surface area contributed by atoms with Gasteiger partial charge in [-0.05, 0) is 31.0 Å². The number of nitrogens with two attached hydrogens (primary N) is 1. The zero-order valence-corrected chi connectivity index (χ0v) is 13.1. The van der Waals surface area contributed by atoms with Gasteiger partial charge in [-0.15, -0.1) is 0 Å². The van der Waals surface area contributed by atoms with Crippen molar-refractivity contribution in [3.63, 3.8) is 0 Å². The number of carbonyl (C=O) groups is 1. The van der Waals surface area contributed by atoms with E-state index in [9.17, 15) is 4.79 Å². The second-order valence-corrected chi connectivity index (χ2v) is 5.76. The van der Waals surface area contributed by atoms with E-state index in [0.29, 0.717) is 61.8 Å². The van der Waals surface area contributed by atoms with Gasteiger partial charge in [-0.3, -0.25) is 4.79 Å². The van der Waals surface area contributed by atoms with Crippen molar-refractivity contribution < 1.29 is 18.7 Å². The monoisotopic (exact) mass is 319 g/mol. The van der Waals surface area contributed by atoms with E-state index in [1.807, 2.05) is 0 Å². The number of benzene rings is 1. The van der Waals surface area contributed by atoms with Crippen LogP contribution in [0.5, 0.6) is 0 Å². The van der Waals surface area contributed by atoms with Crippen LogP contribution in [0.2, 0.25) is 0 Å². The van der Waals surface area contributed by atoms with Crippen LogP contribution >= 0.6 is 0 Å². The second-order valence-electron chi connectivity index (χ2n) is 5.76. The van der Waals surface area contributed by atoms with Crippen LogP contribution in [0.15, 0.2) is 22.6 Å². The number of aromatic nitrogens is 1. The van der Waals surface area contributed by atoms with E-state index < -0.39 is 5.54 Å². The van der Waals surface area contributed by atoms with E-state index in [2.05, 4.69) is 10.3 Å². The molecule has 1 aliphatic heterocycles. The number of anilines is 1. The maximum absolute atomic E-state index is 12.4. The number of hydrogen-bond donors (Lipinski definition) is 2. The third-order valence-corrected chi connectivity index (χ3v) is 4.05. The molecule has 1 aromatic carbocycles. The Morgan fingerprint density at radius 2 is 2.22 bits per heavy atom. The SMILES string of the molecule is COCCc1nc2cc(NC(=O)C3(N)CCOCC3)ccc2o1. The molecule has 23 heavy (non-hydrogen) atoms. The van der Waals surface area contributed by atoms with Crippen LogP contribution < -0.4 is 11.1 Å². The summed E-state index contributed by atoms with van der Waals surface area (Å²) in [5, 5.41) is 2.87. The Bertz CT molecular complexity index is 692. The number of ether oxygens (including phenoxy) is 2. The Kier molecular flexibility index (Phi) is 4.61. The fourth-order valence-corrected chi connectivity index (χ4v) is 2.57. The lowest BCUT2D eigenvalue weighted by molar-refractivity contribution is -0.124. The molecule has 0 spiro atoms. The summed E-state index contributed by atoms with van der Waals surface area (Å²) in [7, 11) is 1.63. The highest BCUT2D eigenvalue weighted by atomic mass is 16.5. The van der Waals surface area contributed by atoms with Crippen LogP contribution in [0, 0.1) is 0 Å². The fourth-order valence-electron chi connectivity index (χ4n) is 2.57. The van der Waals surface area contributed by atoms with Crippen molar-refractivity contribution in [3.05, 3.63) is 24.1 Å². The standard InChI is InChI=1S/C16H21N3O4/c1-21-7-4-14-19-12-10-11(2-3-13(12)23-14)18-15(20)16(17)5-8-22-9-6-16/h2-3,10H,4-9,17H2,1H3,(H,18,20). The lowest BCUT2D eigenvalue weighted by Crippen LogP contribution is -2.54. The molecule has 1 amide bonds. The van der Waals surface area contributed by atoms with Crippen LogP contribution in [-0.4, -0.2) is 43.4 Å². The average Bonchev–Trinajstić information content (AvgIpc) is 2.95. The second kappa shape index (κ2) is 6.66. The first-order chi connectivity index (χ1) is 11.1. The quantitative estimate of drug-likeness (QED) is 0.865. The molecule has 0 saturated carbocycles. The summed E-state index contributed by atoms with van der Waals surface area (Å²) in [5.74, 6) is 0.424. The number of carbonyl (C=O) groups excluding carboxylic acids is 1. The summed E-state index contributed by atoms with van der Waals surface area (Å²) >= 11 is 0. The van der Waals surface area contributed by atoms with Crippen LogP contribution in [0.3, 0.4) is 0 Å². The molecule has 0 atom stereocenters. The van der Waals surface area contributed by atoms with Gasteiger partial charge in [-0.25, -0.2) is 4.98 Å². The number of methoxy groups -OCH3 is 1. The van der Waals surface area contributed by atoms with Gasteiger partial charge in [-0.2, -0.15) is 0 Å². The predicted molar refractivity (Wildman–Crippen MR) is 85.2 cm³/mol. The van der Waals surface area contributed by atoms with Gasteiger partial charge < -0.3 is 24.9 Å². The van der Waals surface area contributed by atoms with Crippen LogP contribution in [0.1, 0.15) is 18.7 Å². The van der Waals surface area contributed by atoms with Crippen molar-refractivity contribution >= 4 is 22.7 Å². The molecule has 1 fully saturated rings. The molecule has 2 aromatic rings. The first kappa shape index (κ1) is 15.9. The van der Waals surface area contributed by atoms with E-state index in [1.165, 1.54) is 0 Å². The third-order valence-electron chi connectivity index (χ3n) is 4.05. The van der Waals surface area contributed by atoms with Gasteiger partial charge in [-0.1, -0.05) is 0 Å². The highest BCUT2D eigenvalue weighted by molar-refractivity contribution is 5.99. The predicted octanol–water partition coefficient (Wildman–Crippen LogP) is 1.46. The Morgan fingerprint density at radius 3 is 2.96 bits per heavy atom. The first-order valence-electron chi connectivity index (χ1n) is 7.67. The minimum absolute atomic E-state index is 0.191. The third kappa shape index (κ3) is 3.52. The summed E-state index contributed by atoms with van der Waals surface area (Å²) in [6.07, 6.45) is 1.65. The average molecular weight is 319 g/mol. The summed E-state index contributed by atoms with van der Waals surface area (Å²) < 4.78 is 15.9. The lowest BCUT2D eigenvalue weighted by atomic mass is 9.90. The molecule has 2 heterocycles. The summed E-state index contributed by atoms with van der Waals surface area (Å²) in [6, 6.07) is 5.37. The molecule has 1 aliphatic rings.